The van der Waals surface area contributed by atoms with Crippen molar-refractivity contribution in [1.29, 1.82) is 0 Å². The molecule has 104 valence electrons. The van der Waals surface area contributed by atoms with Gasteiger partial charge < -0.3 is 15.0 Å². The minimum Gasteiger partial charge on any atom is -0.445 e. The molecule has 1 amide bonds. The van der Waals surface area contributed by atoms with Crippen LogP contribution < -0.4 is 5.32 Å². The van der Waals surface area contributed by atoms with E-state index in [1.807, 2.05) is 30.3 Å². The van der Waals surface area contributed by atoms with Gasteiger partial charge in [-0.15, -0.1) is 0 Å². The molecule has 0 aliphatic carbocycles. The molecule has 19 heavy (non-hydrogen) atoms. The van der Waals surface area contributed by atoms with Crippen molar-refractivity contribution in [1.82, 2.24) is 10.2 Å². The zero-order valence-electron chi connectivity index (χ0n) is 11.0. The highest BCUT2D eigenvalue weighted by Crippen LogP contribution is 2.15. The standard InChI is InChI=1S/C14H19FN2O2/c1-17(13-7-8-16-9-12(13)15)14(18)19-10-11-5-3-2-4-6-11/h2-6,12-13,16H,7-10H2,1H3. The fourth-order valence-electron chi connectivity index (χ4n) is 2.20. The van der Waals surface area contributed by atoms with E-state index in [2.05, 4.69) is 5.32 Å². The van der Waals surface area contributed by atoms with E-state index >= 15 is 0 Å². The lowest BCUT2D eigenvalue weighted by Crippen LogP contribution is -2.51. The van der Waals surface area contributed by atoms with E-state index in [0.29, 0.717) is 13.0 Å². The zero-order valence-corrected chi connectivity index (χ0v) is 11.0. The molecule has 2 rings (SSSR count). The predicted octanol–water partition coefficient (Wildman–Crippen LogP) is 1.96. The summed E-state index contributed by atoms with van der Waals surface area (Å²) >= 11 is 0. The SMILES string of the molecule is CN(C(=O)OCc1ccccc1)C1CCNCC1F. The van der Waals surface area contributed by atoms with Crippen LogP contribution in [0.25, 0.3) is 0 Å². The second-order valence-corrected chi connectivity index (χ2v) is 4.73. The van der Waals surface area contributed by atoms with E-state index in [-0.39, 0.29) is 6.61 Å². The van der Waals surface area contributed by atoms with Gasteiger partial charge in [-0.2, -0.15) is 0 Å². The Hall–Kier alpha value is -1.62. The number of halogens is 1. The van der Waals surface area contributed by atoms with Crippen molar-refractivity contribution < 1.29 is 13.9 Å². The maximum absolute atomic E-state index is 13.7. The van der Waals surface area contributed by atoms with E-state index in [1.165, 1.54) is 4.90 Å². The number of piperidine rings is 1. The Morgan fingerprint density at radius 2 is 2.21 bits per heavy atom. The highest BCUT2D eigenvalue weighted by atomic mass is 19.1. The second kappa shape index (κ2) is 6.52. The number of rotatable bonds is 3. The molecule has 1 aromatic rings. The van der Waals surface area contributed by atoms with Crippen molar-refractivity contribution in [3.05, 3.63) is 35.9 Å². The molecule has 1 aliphatic rings. The first-order valence-corrected chi connectivity index (χ1v) is 6.47. The van der Waals surface area contributed by atoms with Gasteiger partial charge in [0.25, 0.3) is 0 Å². The van der Waals surface area contributed by atoms with E-state index < -0.39 is 18.3 Å². The number of ether oxygens (including phenoxy) is 1. The van der Waals surface area contributed by atoms with Gasteiger partial charge in [0.2, 0.25) is 0 Å². The first kappa shape index (κ1) is 13.8. The number of nitrogens with one attached hydrogen (secondary N) is 1. The van der Waals surface area contributed by atoms with E-state index in [1.54, 1.807) is 7.05 Å². The largest absolute Gasteiger partial charge is 0.445 e. The Bertz CT molecular complexity index is 413. The number of nitrogens with zero attached hydrogens (tertiary/aromatic N) is 1. The first-order chi connectivity index (χ1) is 9.18. The van der Waals surface area contributed by atoms with Crippen LogP contribution in [-0.4, -0.2) is 43.3 Å². The van der Waals surface area contributed by atoms with Gasteiger partial charge in [-0.25, -0.2) is 9.18 Å². The Morgan fingerprint density at radius 1 is 1.47 bits per heavy atom. The molecule has 0 radical (unpaired) electrons. The fraction of sp³-hybridized carbons (Fsp3) is 0.500. The molecule has 4 nitrogen and oxygen atoms in total. The highest BCUT2D eigenvalue weighted by Gasteiger charge is 2.31. The van der Waals surface area contributed by atoms with Crippen LogP contribution in [0.4, 0.5) is 9.18 Å². The molecule has 5 heteroatoms. The third-order valence-corrected chi connectivity index (χ3v) is 3.36. The van der Waals surface area contributed by atoms with Gasteiger partial charge in [0.1, 0.15) is 12.8 Å². The van der Waals surface area contributed by atoms with Crippen molar-refractivity contribution >= 4 is 6.09 Å². The summed E-state index contributed by atoms with van der Waals surface area (Å²) in [6.07, 6.45) is -0.903. The molecule has 2 atom stereocenters. The highest BCUT2D eigenvalue weighted by molar-refractivity contribution is 5.67. The van der Waals surface area contributed by atoms with Gasteiger partial charge in [-0.05, 0) is 18.5 Å². The summed E-state index contributed by atoms with van der Waals surface area (Å²) in [6, 6.07) is 9.05. The zero-order chi connectivity index (χ0) is 13.7. The molecule has 0 bridgehead atoms. The van der Waals surface area contributed by atoms with Crippen LogP contribution in [0.5, 0.6) is 0 Å². The number of carbonyl (C=O) groups is 1. The lowest BCUT2D eigenvalue weighted by molar-refractivity contribution is 0.0607. The summed E-state index contributed by atoms with van der Waals surface area (Å²) in [6.45, 7) is 1.23. The van der Waals surface area contributed by atoms with Gasteiger partial charge in [-0.3, -0.25) is 0 Å². The summed E-state index contributed by atoms with van der Waals surface area (Å²) in [5.74, 6) is 0. The summed E-state index contributed by atoms with van der Waals surface area (Å²) in [5.41, 5.74) is 0.923. The topological polar surface area (TPSA) is 41.6 Å². The Morgan fingerprint density at radius 3 is 2.89 bits per heavy atom. The molecular weight excluding hydrogens is 247 g/mol. The summed E-state index contributed by atoms with van der Waals surface area (Å²) in [7, 11) is 1.59. The Kier molecular flexibility index (Phi) is 4.74. The van der Waals surface area contributed by atoms with Crippen LogP contribution in [0, 0.1) is 0 Å². The molecule has 1 heterocycles. The molecule has 1 fully saturated rings. The Labute approximate surface area is 112 Å². The van der Waals surface area contributed by atoms with E-state index in [0.717, 1.165) is 12.1 Å². The van der Waals surface area contributed by atoms with Crippen molar-refractivity contribution in [3.63, 3.8) is 0 Å². The molecule has 1 saturated heterocycles. The average molecular weight is 266 g/mol. The van der Waals surface area contributed by atoms with Crippen LogP contribution in [-0.2, 0) is 11.3 Å². The molecule has 1 N–H and O–H groups in total. The van der Waals surface area contributed by atoms with Crippen LogP contribution in [0.3, 0.4) is 0 Å². The number of hydrogen-bond donors (Lipinski definition) is 1. The minimum atomic E-state index is -1.04. The maximum atomic E-state index is 13.7. The van der Waals surface area contributed by atoms with Crippen molar-refractivity contribution in [2.75, 3.05) is 20.1 Å². The van der Waals surface area contributed by atoms with Gasteiger partial charge >= 0.3 is 6.09 Å². The smallest absolute Gasteiger partial charge is 0.410 e. The van der Waals surface area contributed by atoms with Crippen molar-refractivity contribution in [2.24, 2.45) is 0 Å². The molecule has 1 aliphatic heterocycles. The van der Waals surface area contributed by atoms with Gasteiger partial charge in [0.15, 0.2) is 0 Å². The van der Waals surface area contributed by atoms with Gasteiger partial charge in [0, 0.05) is 13.6 Å². The van der Waals surface area contributed by atoms with Crippen LogP contribution in [0.1, 0.15) is 12.0 Å². The molecular formula is C14H19FN2O2. The van der Waals surface area contributed by atoms with E-state index in [9.17, 15) is 9.18 Å². The van der Waals surface area contributed by atoms with Gasteiger partial charge in [-0.1, -0.05) is 30.3 Å². The monoisotopic (exact) mass is 266 g/mol. The summed E-state index contributed by atoms with van der Waals surface area (Å²) in [4.78, 5) is 13.2. The molecule has 2 unspecified atom stereocenters. The normalized spacial score (nSPS) is 22.8. The predicted molar refractivity (Wildman–Crippen MR) is 70.6 cm³/mol. The summed E-state index contributed by atoms with van der Waals surface area (Å²) in [5, 5.41) is 2.96. The third-order valence-electron chi connectivity index (χ3n) is 3.36. The van der Waals surface area contributed by atoms with Crippen molar-refractivity contribution in [2.45, 2.75) is 25.2 Å². The summed E-state index contributed by atoms with van der Waals surface area (Å²) < 4.78 is 18.9. The Balaban J connectivity index is 1.85. The number of benzene rings is 1. The molecule has 0 aromatic heterocycles. The number of carbonyl (C=O) groups excluding carboxylic acids is 1. The third kappa shape index (κ3) is 3.67. The van der Waals surface area contributed by atoms with Crippen LogP contribution in [0.2, 0.25) is 0 Å². The van der Waals surface area contributed by atoms with Crippen molar-refractivity contribution in [3.8, 4) is 0 Å². The first-order valence-electron chi connectivity index (χ1n) is 6.47. The molecule has 0 spiro atoms. The lowest BCUT2D eigenvalue weighted by atomic mass is 10.0. The van der Waals surface area contributed by atoms with Crippen LogP contribution >= 0.6 is 0 Å². The maximum Gasteiger partial charge on any atom is 0.410 e. The van der Waals surface area contributed by atoms with E-state index in [4.69, 9.17) is 4.74 Å². The minimum absolute atomic E-state index is 0.214. The molecule has 1 aromatic carbocycles. The number of hydrogen-bond acceptors (Lipinski definition) is 3. The number of alkyl halides is 1. The second-order valence-electron chi connectivity index (χ2n) is 4.73. The fourth-order valence-corrected chi connectivity index (χ4v) is 2.20. The van der Waals surface area contributed by atoms with Crippen LogP contribution in [0.15, 0.2) is 30.3 Å². The lowest BCUT2D eigenvalue weighted by Gasteiger charge is -2.33. The number of amides is 1. The molecule has 0 saturated carbocycles. The average Bonchev–Trinajstić information content (AvgIpc) is 2.45. The quantitative estimate of drug-likeness (QED) is 0.909. The van der Waals surface area contributed by atoms with Gasteiger partial charge in [0.05, 0.1) is 6.04 Å².